The van der Waals surface area contributed by atoms with Crippen molar-refractivity contribution in [3.05, 3.63) is 39.8 Å². The maximum atomic E-state index is 12.4. The first-order valence-corrected chi connectivity index (χ1v) is 10.9. The highest BCUT2D eigenvalue weighted by atomic mass is 32.1. The fraction of sp³-hybridized carbons (Fsp3) is 0.409. The summed E-state index contributed by atoms with van der Waals surface area (Å²) >= 11 is 1.36. The molecule has 1 aliphatic rings. The Balaban J connectivity index is 1.65. The van der Waals surface area contributed by atoms with Crippen molar-refractivity contribution in [1.29, 1.82) is 0 Å². The molecule has 0 unspecified atom stereocenters. The van der Waals surface area contributed by atoms with Crippen LogP contribution in [0.2, 0.25) is 0 Å². The van der Waals surface area contributed by atoms with Crippen LogP contribution in [0.15, 0.2) is 18.2 Å². The number of amides is 1. The minimum absolute atomic E-state index is 0.241. The molecule has 1 aliphatic carbocycles. The van der Waals surface area contributed by atoms with E-state index in [2.05, 4.69) is 5.32 Å². The molecule has 9 heteroatoms. The Morgan fingerprint density at radius 2 is 1.77 bits per heavy atom. The molecule has 31 heavy (non-hydrogen) atoms. The highest BCUT2D eigenvalue weighted by Gasteiger charge is 2.28. The van der Waals surface area contributed by atoms with Crippen LogP contribution < -0.4 is 14.8 Å². The molecule has 1 N–H and O–H groups in total. The molecule has 0 atom stereocenters. The number of esters is 2. The van der Waals surface area contributed by atoms with Crippen LogP contribution in [0.5, 0.6) is 11.5 Å². The first-order valence-electron chi connectivity index (χ1n) is 10.1. The second kappa shape index (κ2) is 10.3. The van der Waals surface area contributed by atoms with Crippen LogP contribution in [-0.2, 0) is 27.1 Å². The number of anilines is 1. The van der Waals surface area contributed by atoms with E-state index in [9.17, 15) is 14.4 Å². The Morgan fingerprint density at radius 3 is 2.48 bits per heavy atom. The number of benzene rings is 1. The van der Waals surface area contributed by atoms with Gasteiger partial charge in [-0.25, -0.2) is 9.59 Å². The third-order valence-corrected chi connectivity index (χ3v) is 5.88. The number of rotatable bonds is 9. The lowest BCUT2D eigenvalue weighted by molar-refractivity contribution is -0.119. The molecule has 166 valence electrons. The van der Waals surface area contributed by atoms with E-state index < -0.39 is 24.5 Å². The number of aryl methyl sites for hydroxylation is 1. The van der Waals surface area contributed by atoms with E-state index >= 15 is 0 Å². The predicted octanol–water partition coefficient (Wildman–Crippen LogP) is 3.62. The van der Waals surface area contributed by atoms with Crippen LogP contribution in [0.3, 0.4) is 0 Å². The summed E-state index contributed by atoms with van der Waals surface area (Å²) in [4.78, 5) is 38.0. The number of fused-ring (bicyclic) bond motifs is 1. The molecule has 1 aromatic heterocycles. The van der Waals surface area contributed by atoms with Gasteiger partial charge in [-0.3, -0.25) is 4.79 Å². The highest BCUT2D eigenvalue weighted by molar-refractivity contribution is 7.17. The summed E-state index contributed by atoms with van der Waals surface area (Å²) in [5, 5.41) is 3.10. The van der Waals surface area contributed by atoms with Gasteiger partial charge in [-0.1, -0.05) is 0 Å². The highest BCUT2D eigenvalue weighted by Crippen LogP contribution is 2.39. The number of thiophene rings is 1. The molecule has 0 bridgehead atoms. The molecule has 0 fully saturated rings. The predicted molar refractivity (Wildman–Crippen MR) is 115 cm³/mol. The standard InChI is InChI=1S/C22H25NO7S/c1-4-28-15-10-9-13(11-16(15)29-5-2)21(25)30-12-18(24)23-20-19(22(26)27-3)14-7-6-8-17(14)31-20/h9-11H,4-8,12H2,1-3H3,(H,23,24). The number of hydrogen-bond acceptors (Lipinski definition) is 8. The van der Waals surface area contributed by atoms with Crippen molar-refractivity contribution in [2.24, 2.45) is 0 Å². The maximum absolute atomic E-state index is 12.4. The zero-order valence-corrected chi connectivity index (χ0v) is 18.6. The monoisotopic (exact) mass is 447 g/mol. The van der Waals surface area contributed by atoms with Crippen LogP contribution in [-0.4, -0.2) is 44.8 Å². The second-order valence-electron chi connectivity index (χ2n) is 6.70. The zero-order chi connectivity index (χ0) is 22.4. The van der Waals surface area contributed by atoms with Crippen LogP contribution in [0.4, 0.5) is 5.00 Å². The molecule has 0 saturated carbocycles. The molecule has 1 heterocycles. The quantitative estimate of drug-likeness (QED) is 0.586. The van der Waals surface area contributed by atoms with Crippen LogP contribution in [0.25, 0.3) is 0 Å². The smallest absolute Gasteiger partial charge is 0.341 e. The van der Waals surface area contributed by atoms with Crippen LogP contribution in [0.1, 0.15) is 51.4 Å². The van der Waals surface area contributed by atoms with E-state index in [4.69, 9.17) is 18.9 Å². The minimum atomic E-state index is -0.666. The van der Waals surface area contributed by atoms with Gasteiger partial charge in [0.05, 0.1) is 31.5 Å². The molecular formula is C22H25NO7S. The Morgan fingerprint density at radius 1 is 1.03 bits per heavy atom. The normalized spacial score (nSPS) is 12.1. The third kappa shape index (κ3) is 5.16. The van der Waals surface area contributed by atoms with E-state index in [1.807, 2.05) is 13.8 Å². The Labute approximate surface area is 184 Å². The number of carbonyl (C=O) groups is 3. The van der Waals surface area contributed by atoms with Crippen molar-refractivity contribution < 1.29 is 33.3 Å². The summed E-state index contributed by atoms with van der Waals surface area (Å²) in [5.74, 6) is -0.723. The largest absolute Gasteiger partial charge is 0.490 e. The van der Waals surface area contributed by atoms with Crippen LogP contribution >= 0.6 is 11.3 Å². The molecule has 0 aliphatic heterocycles. The zero-order valence-electron chi connectivity index (χ0n) is 17.7. The summed E-state index contributed by atoms with van der Waals surface area (Å²) in [5.41, 5.74) is 1.57. The van der Waals surface area contributed by atoms with Gasteiger partial charge in [0.2, 0.25) is 0 Å². The van der Waals surface area contributed by atoms with E-state index in [0.717, 1.165) is 29.7 Å². The van der Waals surface area contributed by atoms with Crippen molar-refractivity contribution >= 4 is 34.2 Å². The number of carbonyl (C=O) groups excluding carboxylic acids is 3. The second-order valence-corrected chi connectivity index (χ2v) is 7.81. The van der Waals surface area contributed by atoms with Gasteiger partial charge >= 0.3 is 11.9 Å². The van der Waals surface area contributed by atoms with E-state index in [0.29, 0.717) is 35.3 Å². The fourth-order valence-corrected chi connectivity index (χ4v) is 4.66. The van der Waals surface area contributed by atoms with Crippen molar-refractivity contribution in [2.75, 3.05) is 32.2 Å². The van der Waals surface area contributed by atoms with Gasteiger partial charge in [0.15, 0.2) is 18.1 Å². The molecular weight excluding hydrogens is 422 g/mol. The molecule has 0 saturated heterocycles. The van der Waals surface area contributed by atoms with Crippen molar-refractivity contribution in [3.8, 4) is 11.5 Å². The summed E-state index contributed by atoms with van der Waals surface area (Å²) < 4.78 is 21.0. The van der Waals surface area contributed by atoms with Gasteiger partial charge in [0, 0.05) is 4.88 Å². The number of ether oxygens (including phenoxy) is 4. The van der Waals surface area contributed by atoms with Gasteiger partial charge < -0.3 is 24.3 Å². The number of methoxy groups -OCH3 is 1. The molecule has 0 radical (unpaired) electrons. The Hall–Kier alpha value is -3.07. The van der Waals surface area contributed by atoms with E-state index in [1.54, 1.807) is 12.1 Å². The Bertz CT molecular complexity index is 982. The first-order chi connectivity index (χ1) is 15.0. The van der Waals surface area contributed by atoms with Crippen molar-refractivity contribution in [2.45, 2.75) is 33.1 Å². The summed E-state index contributed by atoms with van der Waals surface area (Å²) in [6.45, 7) is 4.07. The minimum Gasteiger partial charge on any atom is -0.490 e. The fourth-order valence-electron chi connectivity index (χ4n) is 3.37. The lowest BCUT2D eigenvalue weighted by Crippen LogP contribution is -2.21. The van der Waals surface area contributed by atoms with Crippen molar-refractivity contribution in [3.63, 3.8) is 0 Å². The lowest BCUT2D eigenvalue weighted by Gasteiger charge is -2.12. The topological polar surface area (TPSA) is 100 Å². The maximum Gasteiger partial charge on any atom is 0.341 e. The molecule has 8 nitrogen and oxygen atoms in total. The SMILES string of the molecule is CCOc1ccc(C(=O)OCC(=O)Nc2sc3c(c2C(=O)OC)CCC3)cc1OCC. The molecule has 1 amide bonds. The van der Waals surface area contributed by atoms with Gasteiger partial charge in [-0.15, -0.1) is 11.3 Å². The molecule has 0 spiro atoms. The van der Waals surface area contributed by atoms with Gasteiger partial charge in [-0.05, 0) is 56.9 Å². The molecule has 1 aromatic carbocycles. The van der Waals surface area contributed by atoms with E-state index in [-0.39, 0.29) is 5.56 Å². The lowest BCUT2D eigenvalue weighted by atomic mass is 10.1. The van der Waals surface area contributed by atoms with E-state index in [1.165, 1.54) is 24.5 Å². The van der Waals surface area contributed by atoms with Crippen molar-refractivity contribution in [1.82, 2.24) is 0 Å². The van der Waals surface area contributed by atoms with Gasteiger partial charge in [-0.2, -0.15) is 0 Å². The van der Waals surface area contributed by atoms with Gasteiger partial charge in [0.1, 0.15) is 5.00 Å². The average molecular weight is 448 g/mol. The summed E-state index contributed by atoms with van der Waals surface area (Å²) in [7, 11) is 1.31. The summed E-state index contributed by atoms with van der Waals surface area (Å²) in [6.07, 6.45) is 2.62. The Kier molecular flexibility index (Phi) is 7.51. The molecule has 3 rings (SSSR count). The third-order valence-electron chi connectivity index (χ3n) is 4.68. The van der Waals surface area contributed by atoms with Crippen LogP contribution in [0, 0.1) is 0 Å². The first kappa shape index (κ1) is 22.6. The number of nitrogens with one attached hydrogen (secondary N) is 1. The number of hydrogen-bond donors (Lipinski definition) is 1. The average Bonchev–Trinajstić information content (AvgIpc) is 3.34. The van der Waals surface area contributed by atoms with Gasteiger partial charge in [0.25, 0.3) is 5.91 Å². The molecule has 2 aromatic rings. The summed E-state index contributed by atoms with van der Waals surface area (Å²) in [6, 6.07) is 4.70.